The highest BCUT2D eigenvalue weighted by atomic mass is 16.6. The maximum absolute atomic E-state index is 12.7. The van der Waals surface area contributed by atoms with Crippen molar-refractivity contribution in [3.63, 3.8) is 0 Å². The fourth-order valence-corrected chi connectivity index (χ4v) is 4.47. The average molecular weight is 401 g/mol. The normalized spacial score (nSPS) is 25.2. The monoisotopic (exact) mass is 400 g/mol. The van der Waals surface area contributed by atoms with Crippen molar-refractivity contribution >= 4 is 11.8 Å². The quantitative estimate of drug-likeness (QED) is 0.830. The molecule has 0 aromatic carbocycles. The van der Waals surface area contributed by atoms with Crippen LogP contribution in [0.15, 0.2) is 22.8 Å². The van der Waals surface area contributed by atoms with Gasteiger partial charge in [-0.3, -0.25) is 4.99 Å². The lowest BCUT2D eigenvalue weighted by Crippen LogP contribution is -2.59. The lowest BCUT2D eigenvalue weighted by atomic mass is 10.0. The second kappa shape index (κ2) is 7.22. The second-order valence-corrected chi connectivity index (χ2v) is 9.80. The summed E-state index contributed by atoms with van der Waals surface area (Å²) in [6.07, 6.45) is 6.69. The van der Waals surface area contributed by atoms with Crippen LogP contribution in [-0.2, 0) is 4.74 Å². The van der Waals surface area contributed by atoms with E-state index in [2.05, 4.69) is 42.9 Å². The van der Waals surface area contributed by atoms with E-state index in [0.29, 0.717) is 19.0 Å². The lowest BCUT2D eigenvalue weighted by molar-refractivity contribution is -0.000906. The molecule has 6 heteroatoms. The van der Waals surface area contributed by atoms with E-state index in [9.17, 15) is 4.79 Å². The molecule has 160 valence electrons. The van der Waals surface area contributed by atoms with E-state index in [4.69, 9.17) is 9.73 Å². The van der Waals surface area contributed by atoms with Crippen LogP contribution in [-0.4, -0.2) is 58.2 Å². The number of nitrogens with one attached hydrogen (secondary N) is 1. The Kier molecular flexibility index (Phi) is 4.99. The van der Waals surface area contributed by atoms with E-state index in [1.807, 2.05) is 25.7 Å². The number of aromatic amines is 1. The predicted molar refractivity (Wildman–Crippen MR) is 116 cm³/mol. The highest BCUT2D eigenvalue weighted by Crippen LogP contribution is 2.38. The number of hydrogen-bond acceptors (Lipinski definition) is 4. The third-order valence-corrected chi connectivity index (χ3v) is 6.07. The van der Waals surface area contributed by atoms with E-state index >= 15 is 0 Å². The first-order chi connectivity index (χ1) is 13.7. The molecule has 29 heavy (non-hydrogen) atoms. The van der Waals surface area contributed by atoms with Gasteiger partial charge in [0, 0.05) is 38.0 Å². The van der Waals surface area contributed by atoms with Crippen LogP contribution in [0.5, 0.6) is 0 Å². The van der Waals surface area contributed by atoms with Gasteiger partial charge in [-0.05, 0) is 71.4 Å². The number of rotatable bonds is 2. The average Bonchev–Trinajstić information content (AvgIpc) is 3.40. The Morgan fingerprint density at radius 1 is 1.24 bits per heavy atom. The summed E-state index contributed by atoms with van der Waals surface area (Å²) in [5, 5.41) is 1.28. The molecule has 0 spiro atoms. The van der Waals surface area contributed by atoms with E-state index < -0.39 is 5.60 Å². The molecular weight excluding hydrogens is 364 g/mol. The van der Waals surface area contributed by atoms with E-state index in [0.717, 1.165) is 12.0 Å². The van der Waals surface area contributed by atoms with Crippen LogP contribution in [0.25, 0.3) is 5.70 Å². The summed E-state index contributed by atoms with van der Waals surface area (Å²) in [7, 11) is 0. The second-order valence-electron chi connectivity index (χ2n) is 9.80. The molecule has 6 nitrogen and oxygen atoms in total. The van der Waals surface area contributed by atoms with Crippen LogP contribution in [0.1, 0.15) is 67.3 Å². The highest BCUT2D eigenvalue weighted by molar-refractivity contribution is 5.69. The van der Waals surface area contributed by atoms with Crippen molar-refractivity contribution in [3.8, 4) is 0 Å². The van der Waals surface area contributed by atoms with Crippen LogP contribution >= 0.6 is 0 Å². The van der Waals surface area contributed by atoms with Gasteiger partial charge in [-0.2, -0.15) is 0 Å². The Labute approximate surface area is 174 Å². The van der Waals surface area contributed by atoms with Gasteiger partial charge in [0.25, 0.3) is 0 Å². The Balaban J connectivity index is 0.00000256. The lowest BCUT2D eigenvalue weighted by Gasteiger charge is -2.46. The standard InChI is InChI=1S/C23H34N4O2.H2/c1-14-9-10-24-21-19(18(11-25-21)17-7-8-17)20(14)26-12-16(3)27(13-15(26)2)22(28)29-23(4,5)6;/h9,11,15-17H,7-8,10,12-13H2,1-6H3,(H,24,25);1H/t15-,16+;/m0./s1. The molecule has 1 N–H and O–H groups in total. The van der Waals surface area contributed by atoms with Crippen molar-refractivity contribution in [3.05, 3.63) is 34.1 Å². The van der Waals surface area contributed by atoms with Crippen molar-refractivity contribution < 1.29 is 11.0 Å². The number of carbonyl (C=O) groups is 1. The number of ether oxygens (including phenoxy) is 1. The summed E-state index contributed by atoms with van der Waals surface area (Å²) in [6.45, 7) is 14.4. The zero-order valence-corrected chi connectivity index (χ0v) is 18.6. The summed E-state index contributed by atoms with van der Waals surface area (Å²) in [6, 6.07) is 0.276. The maximum Gasteiger partial charge on any atom is 0.410 e. The summed E-state index contributed by atoms with van der Waals surface area (Å²) in [5.74, 6) is 0.655. The molecule has 1 amide bonds. The fourth-order valence-electron chi connectivity index (χ4n) is 4.47. The zero-order valence-electron chi connectivity index (χ0n) is 18.6. The number of nitrogens with zero attached hydrogens (tertiary/aromatic N) is 3. The van der Waals surface area contributed by atoms with Gasteiger partial charge >= 0.3 is 6.09 Å². The van der Waals surface area contributed by atoms with Gasteiger partial charge in [-0.15, -0.1) is 0 Å². The fraction of sp³-hybridized carbons (Fsp3) is 0.652. The molecule has 2 aliphatic heterocycles. The van der Waals surface area contributed by atoms with Crippen molar-refractivity contribution in [2.24, 2.45) is 4.99 Å². The van der Waals surface area contributed by atoms with Crippen LogP contribution in [0.4, 0.5) is 4.79 Å². The molecule has 2 atom stereocenters. The van der Waals surface area contributed by atoms with Gasteiger partial charge in [-0.25, -0.2) is 4.79 Å². The minimum absolute atomic E-state index is 0. The molecule has 0 bridgehead atoms. The minimum Gasteiger partial charge on any atom is -0.444 e. The summed E-state index contributed by atoms with van der Waals surface area (Å²) in [4.78, 5) is 25.3. The number of fused-ring (bicyclic) bond motifs is 1. The van der Waals surface area contributed by atoms with E-state index in [1.54, 1.807) is 0 Å². The molecule has 0 radical (unpaired) electrons. The molecule has 3 heterocycles. The predicted octanol–water partition coefficient (Wildman–Crippen LogP) is 3.16. The van der Waals surface area contributed by atoms with Gasteiger partial charge in [0.15, 0.2) is 0 Å². The zero-order chi connectivity index (χ0) is 20.9. The van der Waals surface area contributed by atoms with Crippen LogP contribution in [0.3, 0.4) is 0 Å². The number of aromatic nitrogens is 1. The Hall–Kier alpha value is -2.24. The summed E-state index contributed by atoms with van der Waals surface area (Å²) in [5.41, 5.74) is 4.49. The number of H-pyrrole nitrogens is 1. The molecule has 1 aliphatic carbocycles. The third-order valence-electron chi connectivity index (χ3n) is 6.07. The molecule has 1 aromatic rings. The molecule has 1 saturated carbocycles. The molecule has 0 unspecified atom stereocenters. The Morgan fingerprint density at radius 3 is 2.62 bits per heavy atom. The number of hydrogen-bond donors (Lipinski definition) is 1. The Bertz CT molecular complexity index is 955. The third kappa shape index (κ3) is 3.94. The molecule has 2 fully saturated rings. The first-order valence-electron chi connectivity index (χ1n) is 10.8. The number of carbonyl (C=O) groups excluding carboxylic acids is 1. The molecule has 3 aliphatic rings. The minimum atomic E-state index is -0.479. The first kappa shape index (κ1) is 20.0. The highest BCUT2D eigenvalue weighted by Gasteiger charge is 2.37. The van der Waals surface area contributed by atoms with Crippen LogP contribution < -0.4 is 10.7 Å². The van der Waals surface area contributed by atoms with Crippen molar-refractivity contribution in [1.29, 1.82) is 0 Å². The van der Waals surface area contributed by atoms with Gasteiger partial charge < -0.3 is 19.5 Å². The maximum atomic E-state index is 12.7. The smallest absolute Gasteiger partial charge is 0.410 e. The first-order valence-corrected chi connectivity index (χ1v) is 10.8. The molecule has 1 aromatic heterocycles. The SMILES string of the molecule is CC1=CCN=c2[nH]cc(C3CC3)c2=C1N1C[C@@H](C)N(C(=O)OC(C)(C)C)C[C@@H]1C.[HH]. The number of piperazine rings is 1. The van der Waals surface area contributed by atoms with E-state index in [1.165, 1.54) is 34.9 Å². The van der Waals surface area contributed by atoms with Crippen molar-refractivity contribution in [2.45, 2.75) is 78.0 Å². The molecule has 1 saturated heterocycles. The van der Waals surface area contributed by atoms with Gasteiger partial charge in [-0.1, -0.05) is 6.08 Å². The van der Waals surface area contributed by atoms with Crippen LogP contribution in [0, 0.1) is 0 Å². The number of amides is 1. The van der Waals surface area contributed by atoms with Crippen LogP contribution in [0.2, 0.25) is 0 Å². The molecular formula is C23H36N4O2. The van der Waals surface area contributed by atoms with E-state index in [-0.39, 0.29) is 19.6 Å². The van der Waals surface area contributed by atoms with Gasteiger partial charge in [0.1, 0.15) is 11.1 Å². The summed E-state index contributed by atoms with van der Waals surface area (Å²) >= 11 is 0. The van der Waals surface area contributed by atoms with Crippen molar-refractivity contribution in [2.75, 3.05) is 19.6 Å². The topological polar surface area (TPSA) is 60.9 Å². The van der Waals surface area contributed by atoms with Crippen molar-refractivity contribution in [1.82, 2.24) is 14.8 Å². The van der Waals surface area contributed by atoms with Gasteiger partial charge in [0.05, 0.1) is 12.2 Å². The largest absolute Gasteiger partial charge is 0.444 e. The van der Waals surface area contributed by atoms with Gasteiger partial charge in [0.2, 0.25) is 0 Å². The summed E-state index contributed by atoms with van der Waals surface area (Å²) < 4.78 is 5.65. The Morgan fingerprint density at radius 2 is 1.97 bits per heavy atom. The molecule has 4 rings (SSSR count).